The second-order valence-corrected chi connectivity index (χ2v) is 4.90. The summed E-state index contributed by atoms with van der Waals surface area (Å²) in [6.07, 6.45) is -0.217. The molecule has 1 fully saturated rings. The number of nitrogens with zero attached hydrogens (tertiary/aromatic N) is 1. The van der Waals surface area contributed by atoms with Gasteiger partial charge in [-0.05, 0) is 20.8 Å². The van der Waals surface area contributed by atoms with Crippen LogP contribution in [0.1, 0.15) is 27.2 Å². The van der Waals surface area contributed by atoms with E-state index in [-0.39, 0.29) is 12.2 Å². The predicted molar refractivity (Wildman–Crippen MR) is 58.1 cm³/mol. The van der Waals surface area contributed by atoms with Crippen LogP contribution in [0.15, 0.2) is 0 Å². The van der Waals surface area contributed by atoms with Crippen LogP contribution in [0.4, 0.5) is 9.18 Å². The van der Waals surface area contributed by atoms with Gasteiger partial charge in [-0.1, -0.05) is 0 Å². The third kappa shape index (κ3) is 4.35. The maximum atomic E-state index is 12.2. The van der Waals surface area contributed by atoms with Crippen molar-refractivity contribution in [1.82, 2.24) is 4.90 Å². The molecule has 0 aliphatic carbocycles. The Hall–Kier alpha value is -0.840. The van der Waals surface area contributed by atoms with Gasteiger partial charge >= 0.3 is 6.09 Å². The third-order valence-corrected chi connectivity index (χ3v) is 2.22. The SMILES string of the molecule is CC(C)(C)OC(=O)N1CCOC(CCF)C1. The van der Waals surface area contributed by atoms with E-state index in [1.807, 2.05) is 20.8 Å². The quantitative estimate of drug-likeness (QED) is 0.732. The summed E-state index contributed by atoms with van der Waals surface area (Å²) in [6.45, 7) is 6.42. The molecule has 1 aliphatic rings. The van der Waals surface area contributed by atoms with E-state index in [0.29, 0.717) is 26.1 Å². The molecular formula is C11H20FNO3. The van der Waals surface area contributed by atoms with E-state index in [0.717, 1.165) is 0 Å². The van der Waals surface area contributed by atoms with Gasteiger partial charge in [-0.2, -0.15) is 0 Å². The Balaban J connectivity index is 2.44. The Morgan fingerprint density at radius 2 is 2.25 bits per heavy atom. The monoisotopic (exact) mass is 233 g/mol. The molecule has 0 spiro atoms. The number of hydrogen-bond donors (Lipinski definition) is 0. The number of halogens is 1. The Morgan fingerprint density at radius 3 is 2.81 bits per heavy atom. The lowest BCUT2D eigenvalue weighted by Gasteiger charge is -2.33. The van der Waals surface area contributed by atoms with Gasteiger partial charge in [-0.3, -0.25) is 4.39 Å². The largest absolute Gasteiger partial charge is 0.444 e. The number of ether oxygens (including phenoxy) is 2. The van der Waals surface area contributed by atoms with Crippen molar-refractivity contribution in [2.24, 2.45) is 0 Å². The normalized spacial score (nSPS) is 22.0. The number of amides is 1. The zero-order chi connectivity index (χ0) is 12.2. The van der Waals surface area contributed by atoms with E-state index < -0.39 is 12.3 Å². The number of carbonyl (C=O) groups is 1. The van der Waals surface area contributed by atoms with Crippen molar-refractivity contribution >= 4 is 6.09 Å². The molecule has 5 heteroatoms. The fourth-order valence-electron chi connectivity index (χ4n) is 1.51. The van der Waals surface area contributed by atoms with Gasteiger partial charge in [0.1, 0.15) is 5.60 Å². The summed E-state index contributed by atoms with van der Waals surface area (Å²) in [5.41, 5.74) is -0.495. The Bertz CT molecular complexity index is 238. The molecule has 94 valence electrons. The molecule has 0 aromatic heterocycles. The maximum absolute atomic E-state index is 12.2. The highest BCUT2D eigenvalue weighted by molar-refractivity contribution is 5.68. The molecule has 1 aliphatic heterocycles. The molecule has 1 rings (SSSR count). The molecule has 0 aromatic rings. The van der Waals surface area contributed by atoms with Crippen LogP contribution in [-0.2, 0) is 9.47 Å². The van der Waals surface area contributed by atoms with E-state index in [9.17, 15) is 9.18 Å². The smallest absolute Gasteiger partial charge is 0.410 e. The Morgan fingerprint density at radius 1 is 1.56 bits per heavy atom. The summed E-state index contributed by atoms with van der Waals surface area (Å²) < 4.78 is 22.7. The van der Waals surface area contributed by atoms with E-state index in [1.165, 1.54) is 0 Å². The van der Waals surface area contributed by atoms with Crippen LogP contribution in [0.3, 0.4) is 0 Å². The Labute approximate surface area is 95.7 Å². The van der Waals surface area contributed by atoms with E-state index in [2.05, 4.69) is 0 Å². The van der Waals surface area contributed by atoms with Crippen LogP contribution in [0.2, 0.25) is 0 Å². The van der Waals surface area contributed by atoms with Crippen LogP contribution in [0, 0.1) is 0 Å². The van der Waals surface area contributed by atoms with E-state index in [4.69, 9.17) is 9.47 Å². The Kier molecular flexibility index (Phi) is 4.53. The van der Waals surface area contributed by atoms with Gasteiger partial charge in [0.2, 0.25) is 0 Å². The molecule has 1 saturated heterocycles. The minimum absolute atomic E-state index is 0.203. The van der Waals surface area contributed by atoms with Gasteiger partial charge in [-0.25, -0.2) is 4.79 Å². The second kappa shape index (κ2) is 5.48. The predicted octanol–water partition coefficient (Wildman–Crippen LogP) is 1.98. The zero-order valence-corrected chi connectivity index (χ0v) is 10.2. The van der Waals surface area contributed by atoms with Gasteiger partial charge in [0.25, 0.3) is 0 Å². The lowest BCUT2D eigenvalue weighted by atomic mass is 10.2. The highest BCUT2D eigenvalue weighted by atomic mass is 19.1. The average molecular weight is 233 g/mol. The molecule has 16 heavy (non-hydrogen) atoms. The fraction of sp³-hybridized carbons (Fsp3) is 0.909. The molecule has 1 heterocycles. The second-order valence-electron chi connectivity index (χ2n) is 4.90. The lowest BCUT2D eigenvalue weighted by Crippen LogP contribution is -2.47. The van der Waals surface area contributed by atoms with Crippen LogP contribution in [-0.4, -0.2) is 49.1 Å². The standard InChI is InChI=1S/C11H20FNO3/c1-11(2,3)16-10(14)13-6-7-15-9(8-13)4-5-12/h9H,4-8H2,1-3H3. The summed E-state index contributed by atoms with van der Waals surface area (Å²) in [6, 6.07) is 0. The number of alkyl halides is 1. The van der Waals surface area contributed by atoms with Crippen LogP contribution in [0.25, 0.3) is 0 Å². The first kappa shape index (κ1) is 13.2. The van der Waals surface area contributed by atoms with Crippen molar-refractivity contribution in [1.29, 1.82) is 0 Å². The lowest BCUT2D eigenvalue weighted by molar-refractivity contribution is -0.0460. The summed E-state index contributed by atoms with van der Waals surface area (Å²) in [5.74, 6) is 0. The van der Waals surface area contributed by atoms with Gasteiger partial charge in [-0.15, -0.1) is 0 Å². The van der Waals surface area contributed by atoms with Crippen molar-refractivity contribution in [3.8, 4) is 0 Å². The molecule has 0 N–H and O–H groups in total. The molecule has 0 saturated carbocycles. The molecule has 0 radical (unpaired) electrons. The van der Waals surface area contributed by atoms with E-state index in [1.54, 1.807) is 4.90 Å². The van der Waals surface area contributed by atoms with Crippen LogP contribution >= 0.6 is 0 Å². The highest BCUT2D eigenvalue weighted by Crippen LogP contribution is 2.14. The molecule has 4 nitrogen and oxygen atoms in total. The topological polar surface area (TPSA) is 38.8 Å². The number of morpholine rings is 1. The molecule has 0 bridgehead atoms. The first-order chi connectivity index (χ1) is 7.42. The number of rotatable bonds is 2. The van der Waals surface area contributed by atoms with Crippen molar-refractivity contribution in [3.63, 3.8) is 0 Å². The minimum atomic E-state index is -0.495. The van der Waals surface area contributed by atoms with Crippen LogP contribution in [0.5, 0.6) is 0 Å². The van der Waals surface area contributed by atoms with E-state index >= 15 is 0 Å². The molecule has 1 atom stereocenters. The van der Waals surface area contributed by atoms with Gasteiger partial charge in [0, 0.05) is 13.0 Å². The molecular weight excluding hydrogens is 213 g/mol. The van der Waals surface area contributed by atoms with Crippen molar-refractivity contribution in [3.05, 3.63) is 0 Å². The average Bonchev–Trinajstić information content (AvgIpc) is 2.16. The highest BCUT2D eigenvalue weighted by Gasteiger charge is 2.27. The van der Waals surface area contributed by atoms with Crippen molar-refractivity contribution in [2.75, 3.05) is 26.4 Å². The number of carbonyl (C=O) groups excluding carboxylic acids is 1. The summed E-state index contributed by atoms with van der Waals surface area (Å²) >= 11 is 0. The number of hydrogen-bond acceptors (Lipinski definition) is 3. The first-order valence-electron chi connectivity index (χ1n) is 5.58. The zero-order valence-electron chi connectivity index (χ0n) is 10.2. The van der Waals surface area contributed by atoms with Gasteiger partial charge in [0.15, 0.2) is 0 Å². The maximum Gasteiger partial charge on any atom is 0.410 e. The molecule has 0 aromatic carbocycles. The van der Waals surface area contributed by atoms with Crippen molar-refractivity contribution in [2.45, 2.75) is 38.9 Å². The minimum Gasteiger partial charge on any atom is -0.444 e. The summed E-state index contributed by atoms with van der Waals surface area (Å²) in [4.78, 5) is 13.3. The van der Waals surface area contributed by atoms with Crippen LogP contribution < -0.4 is 0 Å². The fourth-order valence-corrected chi connectivity index (χ4v) is 1.51. The van der Waals surface area contributed by atoms with Gasteiger partial charge in [0.05, 0.1) is 25.9 Å². The van der Waals surface area contributed by atoms with Gasteiger partial charge < -0.3 is 14.4 Å². The van der Waals surface area contributed by atoms with Crippen molar-refractivity contribution < 1.29 is 18.7 Å². The molecule has 1 unspecified atom stereocenters. The third-order valence-electron chi connectivity index (χ3n) is 2.22. The first-order valence-corrected chi connectivity index (χ1v) is 5.58. The summed E-state index contributed by atoms with van der Waals surface area (Å²) in [5, 5.41) is 0. The molecule has 1 amide bonds. The summed E-state index contributed by atoms with van der Waals surface area (Å²) in [7, 11) is 0.